The molecule has 0 unspecified atom stereocenters. The highest BCUT2D eigenvalue weighted by molar-refractivity contribution is 5.57. The Bertz CT molecular complexity index is 863. The van der Waals surface area contributed by atoms with Crippen LogP contribution in [0.2, 0.25) is 0 Å². The third-order valence-corrected chi connectivity index (χ3v) is 4.80. The molecule has 0 atom stereocenters. The first kappa shape index (κ1) is 15.9. The Hall–Kier alpha value is -2.63. The molecule has 1 aliphatic carbocycles. The molecule has 0 fully saturated rings. The molecule has 0 amide bonds. The van der Waals surface area contributed by atoms with E-state index in [0.717, 1.165) is 42.5 Å². The summed E-state index contributed by atoms with van der Waals surface area (Å²) >= 11 is 0. The van der Waals surface area contributed by atoms with Crippen LogP contribution in [0, 0.1) is 0 Å². The Morgan fingerprint density at radius 2 is 1.96 bits per heavy atom. The van der Waals surface area contributed by atoms with Gasteiger partial charge in [-0.2, -0.15) is 10.2 Å². The van der Waals surface area contributed by atoms with Crippen LogP contribution in [-0.2, 0) is 25.8 Å². The van der Waals surface area contributed by atoms with Gasteiger partial charge in [-0.25, -0.2) is 9.67 Å². The van der Waals surface area contributed by atoms with E-state index in [1.807, 2.05) is 16.8 Å². The minimum absolute atomic E-state index is 0.705. The van der Waals surface area contributed by atoms with Crippen LogP contribution in [0.5, 0.6) is 5.75 Å². The van der Waals surface area contributed by atoms with Crippen molar-refractivity contribution < 1.29 is 4.74 Å². The lowest BCUT2D eigenvalue weighted by Crippen LogP contribution is -2.04. The number of nitrogens with one attached hydrogen (secondary N) is 1. The molecule has 0 aliphatic heterocycles. The maximum absolute atomic E-state index is 5.21. The van der Waals surface area contributed by atoms with Gasteiger partial charge in [-0.05, 0) is 50.3 Å². The van der Waals surface area contributed by atoms with Crippen LogP contribution in [0.4, 0.5) is 0 Å². The van der Waals surface area contributed by atoms with Crippen LogP contribution in [-0.4, -0.2) is 32.1 Å². The number of ether oxygens (including phenoxy) is 1. The molecule has 2 heterocycles. The summed E-state index contributed by atoms with van der Waals surface area (Å²) in [5.74, 6) is 2.57. The molecule has 0 saturated carbocycles. The van der Waals surface area contributed by atoms with Gasteiger partial charge in [0.1, 0.15) is 11.4 Å². The van der Waals surface area contributed by atoms with Gasteiger partial charge in [0, 0.05) is 24.2 Å². The highest BCUT2D eigenvalue weighted by Gasteiger charge is 2.22. The molecular weight excluding hydrogens is 314 g/mol. The second-order valence-corrected chi connectivity index (χ2v) is 6.43. The van der Waals surface area contributed by atoms with Gasteiger partial charge in [-0.3, -0.25) is 5.10 Å². The number of aromatic nitrogens is 5. The van der Waals surface area contributed by atoms with Crippen LogP contribution < -0.4 is 4.74 Å². The molecule has 1 aromatic carbocycles. The number of hydrogen-bond acceptors (Lipinski definition) is 4. The second-order valence-electron chi connectivity index (χ2n) is 6.43. The maximum atomic E-state index is 5.21. The summed E-state index contributed by atoms with van der Waals surface area (Å²) in [5.41, 5.74) is 4.74. The molecule has 0 spiro atoms. The van der Waals surface area contributed by atoms with E-state index in [1.54, 1.807) is 7.11 Å². The third kappa shape index (κ3) is 3.04. The highest BCUT2D eigenvalue weighted by Crippen LogP contribution is 2.28. The average Bonchev–Trinajstić information content (AvgIpc) is 3.25. The van der Waals surface area contributed by atoms with Crippen molar-refractivity contribution in [1.29, 1.82) is 0 Å². The fourth-order valence-electron chi connectivity index (χ4n) is 3.45. The second kappa shape index (κ2) is 6.70. The van der Waals surface area contributed by atoms with Gasteiger partial charge in [-0.15, -0.1) is 0 Å². The summed E-state index contributed by atoms with van der Waals surface area (Å²) in [6.45, 7) is 2.88. The molecule has 0 bridgehead atoms. The number of nitrogens with zero attached hydrogens (tertiary/aromatic N) is 4. The minimum Gasteiger partial charge on any atom is -0.497 e. The number of aryl methyl sites for hydroxylation is 2. The zero-order valence-corrected chi connectivity index (χ0v) is 14.7. The molecule has 6 heteroatoms. The van der Waals surface area contributed by atoms with Gasteiger partial charge in [0.2, 0.25) is 0 Å². The van der Waals surface area contributed by atoms with Gasteiger partial charge in [0.25, 0.3) is 0 Å². The quantitative estimate of drug-likeness (QED) is 0.776. The van der Waals surface area contributed by atoms with Crippen molar-refractivity contribution in [3.63, 3.8) is 0 Å². The summed E-state index contributed by atoms with van der Waals surface area (Å²) in [6, 6.07) is 8.05. The summed E-state index contributed by atoms with van der Waals surface area (Å²) in [6.07, 6.45) is 5.32. The summed E-state index contributed by atoms with van der Waals surface area (Å²) in [7, 11) is 1.68. The molecule has 0 radical (unpaired) electrons. The van der Waals surface area contributed by atoms with Crippen LogP contribution in [0.15, 0.2) is 24.3 Å². The first-order valence-corrected chi connectivity index (χ1v) is 8.91. The van der Waals surface area contributed by atoms with Crippen molar-refractivity contribution in [2.24, 2.45) is 0 Å². The molecule has 25 heavy (non-hydrogen) atoms. The fourth-order valence-corrected chi connectivity index (χ4v) is 3.45. The maximum Gasteiger partial charge on any atom is 0.179 e. The number of hydrogen-bond donors (Lipinski definition) is 1. The number of benzene rings is 1. The van der Waals surface area contributed by atoms with Crippen molar-refractivity contribution in [2.45, 2.75) is 45.6 Å². The Kier molecular flexibility index (Phi) is 4.26. The normalized spacial score (nSPS) is 13.7. The van der Waals surface area contributed by atoms with E-state index in [0.29, 0.717) is 6.42 Å². The molecule has 2 aromatic heterocycles. The molecule has 6 nitrogen and oxygen atoms in total. The third-order valence-electron chi connectivity index (χ3n) is 4.80. The molecular formula is C19H23N5O. The molecule has 4 rings (SSSR count). The van der Waals surface area contributed by atoms with Crippen molar-refractivity contribution >= 4 is 0 Å². The lowest BCUT2D eigenvalue weighted by Gasteiger charge is -2.10. The number of methoxy groups -OCH3 is 1. The number of rotatable bonds is 5. The fraction of sp³-hybridized carbons (Fsp3) is 0.421. The Labute approximate surface area is 147 Å². The van der Waals surface area contributed by atoms with Gasteiger partial charge < -0.3 is 4.74 Å². The molecule has 1 aliphatic rings. The summed E-state index contributed by atoms with van der Waals surface area (Å²) in [4.78, 5) is 4.81. The summed E-state index contributed by atoms with van der Waals surface area (Å²) < 4.78 is 7.18. The zero-order chi connectivity index (χ0) is 17.2. The van der Waals surface area contributed by atoms with Crippen molar-refractivity contribution in [3.05, 3.63) is 46.9 Å². The van der Waals surface area contributed by atoms with E-state index in [2.05, 4.69) is 29.3 Å². The van der Waals surface area contributed by atoms with Crippen LogP contribution in [0.3, 0.4) is 0 Å². The topological polar surface area (TPSA) is 68.6 Å². The Morgan fingerprint density at radius 1 is 1.16 bits per heavy atom. The molecule has 3 aromatic rings. The Balaban J connectivity index is 1.64. The van der Waals surface area contributed by atoms with E-state index >= 15 is 0 Å². The number of aromatic amines is 1. The van der Waals surface area contributed by atoms with Gasteiger partial charge in [0.05, 0.1) is 7.11 Å². The monoisotopic (exact) mass is 337 g/mol. The van der Waals surface area contributed by atoms with Crippen LogP contribution >= 0.6 is 0 Å². The van der Waals surface area contributed by atoms with Crippen molar-refractivity contribution in [3.8, 4) is 17.3 Å². The predicted molar refractivity (Wildman–Crippen MR) is 95.7 cm³/mol. The smallest absolute Gasteiger partial charge is 0.179 e. The van der Waals surface area contributed by atoms with E-state index < -0.39 is 0 Å². The predicted octanol–water partition coefficient (Wildman–Crippen LogP) is 3.17. The van der Waals surface area contributed by atoms with E-state index in [4.69, 9.17) is 14.8 Å². The zero-order valence-electron chi connectivity index (χ0n) is 14.7. The van der Waals surface area contributed by atoms with Gasteiger partial charge >= 0.3 is 0 Å². The lowest BCUT2D eigenvalue weighted by molar-refractivity contribution is 0.414. The van der Waals surface area contributed by atoms with Crippen molar-refractivity contribution in [1.82, 2.24) is 25.0 Å². The highest BCUT2D eigenvalue weighted by atomic mass is 16.5. The van der Waals surface area contributed by atoms with Gasteiger partial charge in [-0.1, -0.05) is 12.1 Å². The largest absolute Gasteiger partial charge is 0.497 e. The molecule has 0 saturated heterocycles. The number of H-pyrrole nitrogens is 1. The van der Waals surface area contributed by atoms with Crippen LogP contribution in [0.25, 0.3) is 11.5 Å². The van der Waals surface area contributed by atoms with Crippen LogP contribution in [0.1, 0.15) is 42.4 Å². The average molecular weight is 337 g/mol. The summed E-state index contributed by atoms with van der Waals surface area (Å²) in [5, 5.41) is 12.4. The molecule has 1 N–H and O–H groups in total. The first-order valence-electron chi connectivity index (χ1n) is 8.91. The van der Waals surface area contributed by atoms with E-state index in [9.17, 15) is 0 Å². The van der Waals surface area contributed by atoms with E-state index in [1.165, 1.54) is 29.7 Å². The number of fused-ring (bicyclic) bond motifs is 1. The SMILES string of the molecule is CCn1nc(Cc2ccc(OC)cc2)nc1-c1n[nH]c2c1CCCC2. The minimum atomic E-state index is 0.705. The molecule has 130 valence electrons. The van der Waals surface area contributed by atoms with Crippen molar-refractivity contribution in [2.75, 3.05) is 7.11 Å². The Morgan fingerprint density at radius 3 is 2.72 bits per heavy atom. The first-order chi connectivity index (χ1) is 12.3. The standard InChI is InChI=1S/C19H23N5O/c1-3-24-19(18-15-6-4-5-7-16(15)21-22-18)20-17(23-24)12-13-8-10-14(25-2)11-9-13/h8-11H,3-7,12H2,1-2H3,(H,21,22). The van der Waals surface area contributed by atoms with Gasteiger partial charge in [0.15, 0.2) is 11.6 Å². The van der Waals surface area contributed by atoms with E-state index in [-0.39, 0.29) is 0 Å². The lowest BCUT2D eigenvalue weighted by atomic mass is 9.96.